The second-order valence-electron chi connectivity index (χ2n) is 11.1. The van der Waals surface area contributed by atoms with Crippen LogP contribution in [0.4, 0.5) is 9.59 Å². The summed E-state index contributed by atoms with van der Waals surface area (Å²) in [6.45, 7) is 7.33. The van der Waals surface area contributed by atoms with Crippen LogP contribution in [0.2, 0.25) is 0 Å². The second-order valence-corrected chi connectivity index (χ2v) is 11.1. The van der Waals surface area contributed by atoms with Gasteiger partial charge in [0.25, 0.3) is 0 Å². The topological polar surface area (TPSA) is 97.3 Å². The van der Waals surface area contributed by atoms with E-state index in [1.807, 2.05) is 30.3 Å². The Labute approximate surface area is 201 Å². The maximum Gasteiger partial charge on any atom is 0.482 e. The van der Waals surface area contributed by atoms with Crippen molar-refractivity contribution in [3.8, 4) is 0 Å². The molecule has 8 nitrogen and oxygen atoms in total. The highest BCUT2D eigenvalue weighted by atomic mass is 16.7. The van der Waals surface area contributed by atoms with Crippen LogP contribution < -0.4 is 5.32 Å². The molecule has 2 amide bonds. The summed E-state index contributed by atoms with van der Waals surface area (Å²) in [5.74, 6) is 0.659. The third-order valence-electron chi connectivity index (χ3n) is 8.93. The minimum absolute atomic E-state index is 0.0213. The highest BCUT2D eigenvalue weighted by Crippen LogP contribution is 2.65. The fourth-order valence-corrected chi connectivity index (χ4v) is 6.78. The van der Waals surface area contributed by atoms with Gasteiger partial charge in [-0.2, -0.15) is 0 Å². The maximum atomic E-state index is 12.8. The van der Waals surface area contributed by atoms with Gasteiger partial charge in [0.2, 0.25) is 0 Å². The van der Waals surface area contributed by atoms with E-state index in [-0.39, 0.29) is 29.8 Å². The largest absolute Gasteiger partial charge is 0.482 e. The molecule has 0 spiro atoms. The molecule has 2 aliphatic heterocycles. The van der Waals surface area contributed by atoms with Gasteiger partial charge >= 0.3 is 19.3 Å². The van der Waals surface area contributed by atoms with Crippen molar-refractivity contribution in [2.75, 3.05) is 13.2 Å². The molecule has 0 aromatic heterocycles. The summed E-state index contributed by atoms with van der Waals surface area (Å²) in [7, 11) is -0.570. The maximum absolute atomic E-state index is 12.8. The standard InChI is InChI=1S/C25H35BN2O6/c1-24(2)17-13-19(24)25(3)20(14-17)33-26(34-25)21(12-16-8-5-4-6-9-16)27-22(29)32-15-18-10-7-11-28(18)23(30)31/h4-6,8-9,17-21H,7,10-15H2,1-3H3,(H,27,29)(H,30,31)/t17-,18+,19-,20+,21?,25-/m0/s1. The number of rotatable bonds is 6. The number of hydrogen-bond donors (Lipinski definition) is 2. The summed E-state index contributed by atoms with van der Waals surface area (Å²) in [6.07, 6.45) is 2.63. The van der Waals surface area contributed by atoms with Crippen LogP contribution in [-0.4, -0.2) is 66.2 Å². The van der Waals surface area contributed by atoms with Crippen molar-refractivity contribution in [3.05, 3.63) is 35.9 Å². The monoisotopic (exact) mass is 470 g/mol. The highest BCUT2D eigenvalue weighted by molar-refractivity contribution is 6.47. The molecular weight excluding hydrogens is 435 g/mol. The minimum atomic E-state index is -0.974. The lowest BCUT2D eigenvalue weighted by Gasteiger charge is -2.64. The minimum Gasteiger partial charge on any atom is -0.465 e. The van der Waals surface area contributed by atoms with Gasteiger partial charge in [-0.25, -0.2) is 9.59 Å². The Kier molecular flexibility index (Phi) is 6.05. The zero-order valence-corrected chi connectivity index (χ0v) is 20.2. The normalized spacial score (nSPS) is 34.2. The molecule has 184 valence electrons. The number of nitrogens with zero attached hydrogens (tertiary/aromatic N) is 1. The average molecular weight is 470 g/mol. The van der Waals surface area contributed by atoms with E-state index < -0.39 is 25.2 Å². The molecule has 6 atom stereocenters. The quantitative estimate of drug-likeness (QED) is 0.615. The summed E-state index contributed by atoms with van der Waals surface area (Å²) in [5.41, 5.74) is 0.940. The Morgan fingerprint density at radius 3 is 2.74 bits per heavy atom. The van der Waals surface area contributed by atoms with Crippen LogP contribution in [0.5, 0.6) is 0 Å². The average Bonchev–Trinajstić information content (AvgIpc) is 3.41. The number of carbonyl (C=O) groups is 2. The third kappa shape index (κ3) is 4.07. The zero-order valence-electron chi connectivity index (χ0n) is 20.2. The third-order valence-corrected chi connectivity index (χ3v) is 8.93. The zero-order chi connectivity index (χ0) is 24.1. The Bertz CT molecular complexity index is 929. The molecule has 5 aliphatic rings. The predicted molar refractivity (Wildman–Crippen MR) is 126 cm³/mol. The van der Waals surface area contributed by atoms with E-state index in [9.17, 15) is 14.7 Å². The first kappa shape index (κ1) is 23.5. The van der Waals surface area contributed by atoms with E-state index in [2.05, 4.69) is 26.1 Å². The lowest BCUT2D eigenvalue weighted by Crippen LogP contribution is -2.65. The molecule has 2 heterocycles. The van der Waals surface area contributed by atoms with E-state index in [1.165, 1.54) is 4.90 Å². The van der Waals surface area contributed by atoms with E-state index in [4.69, 9.17) is 14.0 Å². The van der Waals surface area contributed by atoms with Gasteiger partial charge < -0.3 is 29.4 Å². The summed E-state index contributed by atoms with van der Waals surface area (Å²) < 4.78 is 18.5. The molecule has 1 aromatic carbocycles. The molecule has 9 heteroatoms. The molecule has 2 saturated heterocycles. The van der Waals surface area contributed by atoms with Crippen LogP contribution in [0.25, 0.3) is 0 Å². The molecule has 3 saturated carbocycles. The SMILES string of the molecule is CC1(C)[C@@H]2C[C@H]3OB(C(Cc4ccccc4)NC(=O)OC[C@H]4CCCN4C(=O)O)O[C@@]3(C)[C@H]1C2. The number of ether oxygens (including phenoxy) is 1. The van der Waals surface area contributed by atoms with Gasteiger partial charge in [-0.05, 0) is 61.8 Å². The van der Waals surface area contributed by atoms with Crippen LogP contribution in [0.15, 0.2) is 30.3 Å². The van der Waals surface area contributed by atoms with Crippen LogP contribution in [-0.2, 0) is 20.5 Å². The highest BCUT2D eigenvalue weighted by Gasteiger charge is 2.68. The Morgan fingerprint density at radius 1 is 1.26 bits per heavy atom. The summed E-state index contributed by atoms with van der Waals surface area (Å²) in [4.78, 5) is 25.5. The molecule has 1 aromatic rings. The number of carboxylic acid groups (broad SMARTS) is 1. The summed E-state index contributed by atoms with van der Waals surface area (Å²) >= 11 is 0. The Hall–Kier alpha value is -2.26. The van der Waals surface area contributed by atoms with Gasteiger partial charge in [-0.1, -0.05) is 44.2 Å². The van der Waals surface area contributed by atoms with Crippen LogP contribution in [0, 0.1) is 17.3 Å². The van der Waals surface area contributed by atoms with E-state index in [0.717, 1.165) is 24.8 Å². The number of amides is 2. The Balaban J connectivity index is 1.27. The number of likely N-dealkylation sites (tertiary alicyclic amines) is 1. The van der Waals surface area contributed by atoms with Gasteiger partial charge in [0.15, 0.2) is 0 Å². The number of alkyl carbamates (subject to hydrolysis) is 1. The van der Waals surface area contributed by atoms with Crippen molar-refractivity contribution < 1.29 is 28.7 Å². The van der Waals surface area contributed by atoms with Gasteiger partial charge in [-0.15, -0.1) is 0 Å². The van der Waals surface area contributed by atoms with E-state index in [1.54, 1.807) is 0 Å². The molecule has 3 aliphatic carbocycles. The smallest absolute Gasteiger partial charge is 0.465 e. The first-order chi connectivity index (χ1) is 16.2. The predicted octanol–water partition coefficient (Wildman–Crippen LogP) is 3.73. The number of hydrogen-bond acceptors (Lipinski definition) is 5. The van der Waals surface area contributed by atoms with E-state index in [0.29, 0.717) is 31.2 Å². The molecule has 0 radical (unpaired) electrons. The molecule has 6 rings (SSSR count). The van der Waals surface area contributed by atoms with Crippen molar-refractivity contribution in [1.82, 2.24) is 10.2 Å². The lowest BCUT2D eigenvalue weighted by molar-refractivity contribution is -0.199. The van der Waals surface area contributed by atoms with Crippen molar-refractivity contribution in [3.63, 3.8) is 0 Å². The van der Waals surface area contributed by atoms with Crippen molar-refractivity contribution in [1.29, 1.82) is 0 Å². The molecule has 5 fully saturated rings. The number of carbonyl (C=O) groups excluding carboxylic acids is 1. The van der Waals surface area contributed by atoms with Crippen molar-refractivity contribution in [2.24, 2.45) is 17.3 Å². The Morgan fingerprint density at radius 2 is 2.03 bits per heavy atom. The first-order valence-corrected chi connectivity index (χ1v) is 12.5. The van der Waals surface area contributed by atoms with Gasteiger partial charge in [0.05, 0.1) is 23.7 Å². The van der Waals surface area contributed by atoms with Crippen molar-refractivity contribution >= 4 is 19.3 Å². The summed E-state index contributed by atoms with van der Waals surface area (Å²) in [5, 5.41) is 12.3. The molecule has 1 unspecified atom stereocenters. The molecule has 34 heavy (non-hydrogen) atoms. The summed E-state index contributed by atoms with van der Waals surface area (Å²) in [6, 6.07) is 9.65. The van der Waals surface area contributed by atoms with Crippen molar-refractivity contribution in [2.45, 2.75) is 76.6 Å². The van der Waals surface area contributed by atoms with Crippen LogP contribution in [0.3, 0.4) is 0 Å². The van der Waals surface area contributed by atoms with E-state index >= 15 is 0 Å². The van der Waals surface area contributed by atoms with Gasteiger partial charge in [-0.3, -0.25) is 0 Å². The fourth-order valence-electron chi connectivity index (χ4n) is 6.78. The molecule has 2 bridgehead atoms. The fraction of sp³-hybridized carbons (Fsp3) is 0.680. The number of nitrogens with one attached hydrogen (secondary N) is 1. The van der Waals surface area contributed by atoms with Gasteiger partial charge in [0, 0.05) is 6.54 Å². The second kappa shape index (κ2) is 8.75. The molecular formula is C25H35BN2O6. The van der Waals surface area contributed by atoms with Crippen LogP contribution in [0.1, 0.15) is 52.0 Å². The molecule has 2 N–H and O–H groups in total. The first-order valence-electron chi connectivity index (χ1n) is 12.5. The lowest BCUT2D eigenvalue weighted by atomic mass is 9.43. The van der Waals surface area contributed by atoms with Gasteiger partial charge in [0.1, 0.15) is 6.61 Å². The number of benzene rings is 1. The van der Waals surface area contributed by atoms with Crippen LogP contribution >= 0.6 is 0 Å².